The molecule has 0 radical (unpaired) electrons. The van der Waals surface area contributed by atoms with E-state index in [1.165, 1.54) is 20.8 Å². The molecule has 11 heteroatoms. The molecule has 2 amide bonds. The van der Waals surface area contributed by atoms with Crippen LogP contribution in [-0.2, 0) is 29.7 Å². The van der Waals surface area contributed by atoms with Gasteiger partial charge >= 0.3 is 5.69 Å². The minimum Gasteiger partial charge on any atom is -0.316 e. The van der Waals surface area contributed by atoms with E-state index >= 15 is 4.39 Å². The SMILES string of the molecule is Cn1c(=O)n(CC2(F)CCNCC2)c2c(-c3ccnc4cc(CN5C(=O)C6C(C5=O)C6(C)C)sc34)cc(Cl)cc21. The van der Waals surface area contributed by atoms with Crippen LogP contribution in [0.15, 0.2) is 35.3 Å². The van der Waals surface area contributed by atoms with Crippen LogP contribution in [0.3, 0.4) is 0 Å². The zero-order valence-corrected chi connectivity index (χ0v) is 24.0. The first-order valence-corrected chi connectivity index (χ1v) is 14.7. The molecule has 1 aromatic carbocycles. The quantitative estimate of drug-likeness (QED) is 0.351. The summed E-state index contributed by atoms with van der Waals surface area (Å²) >= 11 is 8.03. The Kier molecular flexibility index (Phi) is 5.63. The molecule has 5 heterocycles. The van der Waals surface area contributed by atoms with Crippen molar-refractivity contribution in [3.63, 3.8) is 0 Å². The second kappa shape index (κ2) is 8.71. The molecule has 1 N–H and O–H groups in total. The molecule has 2 saturated heterocycles. The van der Waals surface area contributed by atoms with Crippen molar-refractivity contribution in [2.75, 3.05) is 13.1 Å². The van der Waals surface area contributed by atoms with Crippen LogP contribution in [0.1, 0.15) is 31.6 Å². The van der Waals surface area contributed by atoms with Crippen molar-refractivity contribution in [1.82, 2.24) is 24.3 Å². The van der Waals surface area contributed by atoms with Crippen molar-refractivity contribution >= 4 is 56.0 Å². The van der Waals surface area contributed by atoms with Gasteiger partial charge in [0.05, 0.1) is 46.2 Å². The number of hydrogen-bond acceptors (Lipinski definition) is 6. The summed E-state index contributed by atoms with van der Waals surface area (Å²) in [7, 11) is 1.68. The molecule has 1 saturated carbocycles. The molecule has 0 bridgehead atoms. The highest BCUT2D eigenvalue weighted by molar-refractivity contribution is 7.19. The Balaban J connectivity index is 1.33. The number of imide groups is 1. The summed E-state index contributed by atoms with van der Waals surface area (Å²) in [5.41, 5.74) is 1.47. The lowest BCUT2D eigenvalue weighted by atomic mass is 9.94. The number of aromatic nitrogens is 3. The van der Waals surface area contributed by atoms with Gasteiger partial charge in [-0.3, -0.25) is 28.6 Å². The van der Waals surface area contributed by atoms with Crippen LogP contribution in [-0.4, -0.2) is 49.6 Å². The number of fused-ring (bicyclic) bond motifs is 3. The number of halogens is 2. The number of aryl methyl sites for hydroxylation is 1. The number of alkyl halides is 1. The van der Waals surface area contributed by atoms with Gasteiger partial charge in [-0.1, -0.05) is 25.4 Å². The zero-order chi connectivity index (χ0) is 28.1. The third-order valence-electron chi connectivity index (χ3n) is 9.10. The molecule has 0 spiro atoms. The number of piperidine rings is 2. The van der Waals surface area contributed by atoms with Gasteiger partial charge in [0.15, 0.2) is 0 Å². The molecule has 7 rings (SSSR count). The number of nitrogens with one attached hydrogen (secondary N) is 1. The van der Waals surface area contributed by atoms with Crippen molar-refractivity contribution in [2.45, 2.75) is 45.4 Å². The normalized spacial score (nSPS) is 23.4. The third-order valence-corrected chi connectivity index (χ3v) is 10.5. The Hall–Kier alpha value is -3.08. The number of likely N-dealkylation sites (tertiary alicyclic amines) is 1. The lowest BCUT2D eigenvalue weighted by Gasteiger charge is -2.30. The van der Waals surface area contributed by atoms with Crippen LogP contribution in [0.25, 0.3) is 32.4 Å². The first-order chi connectivity index (χ1) is 19.0. The van der Waals surface area contributed by atoms with Crippen molar-refractivity contribution < 1.29 is 14.0 Å². The maximum absolute atomic E-state index is 15.9. The summed E-state index contributed by atoms with van der Waals surface area (Å²) in [6, 6.07) is 7.32. The van der Waals surface area contributed by atoms with Crippen molar-refractivity contribution in [1.29, 1.82) is 0 Å². The number of nitrogens with zero attached hydrogens (tertiary/aromatic N) is 4. The van der Waals surface area contributed by atoms with Gasteiger partial charge in [0.2, 0.25) is 11.8 Å². The number of thiophene rings is 1. The largest absolute Gasteiger partial charge is 0.328 e. The van der Waals surface area contributed by atoms with E-state index < -0.39 is 5.67 Å². The topological polar surface area (TPSA) is 89.2 Å². The molecular weight excluding hydrogens is 553 g/mol. The van der Waals surface area contributed by atoms with Crippen LogP contribution in [0.4, 0.5) is 4.39 Å². The molecule has 208 valence electrons. The van der Waals surface area contributed by atoms with Gasteiger partial charge < -0.3 is 5.32 Å². The van der Waals surface area contributed by atoms with Crippen LogP contribution in [0, 0.1) is 17.3 Å². The second-order valence-corrected chi connectivity index (χ2v) is 13.5. The van der Waals surface area contributed by atoms with E-state index in [4.69, 9.17) is 11.6 Å². The molecule has 3 aliphatic rings. The fourth-order valence-corrected chi connectivity index (χ4v) is 8.11. The van der Waals surface area contributed by atoms with Gasteiger partial charge in [-0.2, -0.15) is 0 Å². The molecule has 1 aliphatic carbocycles. The molecule has 2 aliphatic heterocycles. The number of carbonyl (C=O) groups is 2. The Morgan fingerprint density at radius 1 is 1.10 bits per heavy atom. The van der Waals surface area contributed by atoms with Crippen LogP contribution < -0.4 is 11.0 Å². The summed E-state index contributed by atoms with van der Waals surface area (Å²) in [5.74, 6) is -0.658. The molecule has 8 nitrogen and oxygen atoms in total. The number of amides is 2. The number of hydrogen-bond donors (Lipinski definition) is 1. The van der Waals surface area contributed by atoms with E-state index in [1.54, 1.807) is 23.9 Å². The first-order valence-electron chi connectivity index (χ1n) is 13.5. The van der Waals surface area contributed by atoms with Gasteiger partial charge in [-0.05, 0) is 55.6 Å². The molecule has 40 heavy (non-hydrogen) atoms. The predicted octanol–water partition coefficient (Wildman–Crippen LogP) is 4.50. The highest BCUT2D eigenvalue weighted by atomic mass is 35.5. The van der Waals surface area contributed by atoms with Gasteiger partial charge in [-0.25, -0.2) is 9.18 Å². The Labute approximate surface area is 238 Å². The lowest BCUT2D eigenvalue weighted by Crippen LogP contribution is -2.43. The van der Waals surface area contributed by atoms with Gasteiger partial charge in [0.25, 0.3) is 0 Å². The van der Waals surface area contributed by atoms with E-state index in [0.29, 0.717) is 42.0 Å². The van der Waals surface area contributed by atoms with Crippen LogP contribution in [0.5, 0.6) is 0 Å². The lowest BCUT2D eigenvalue weighted by molar-refractivity contribution is -0.143. The molecule has 3 fully saturated rings. The summed E-state index contributed by atoms with van der Waals surface area (Å²) in [6.07, 6.45) is 2.36. The zero-order valence-electron chi connectivity index (χ0n) is 22.5. The Morgan fingerprint density at radius 2 is 1.80 bits per heavy atom. The number of pyridine rings is 1. The minimum absolute atomic E-state index is 0.0404. The molecular formula is C29H29ClFN5O3S. The third kappa shape index (κ3) is 3.72. The van der Waals surface area contributed by atoms with Gasteiger partial charge in [0, 0.05) is 34.3 Å². The monoisotopic (exact) mass is 581 g/mol. The van der Waals surface area contributed by atoms with E-state index in [0.717, 1.165) is 26.2 Å². The minimum atomic E-state index is -1.49. The highest BCUT2D eigenvalue weighted by Crippen LogP contribution is 2.63. The van der Waals surface area contributed by atoms with Crippen molar-refractivity contribution in [2.24, 2.45) is 24.3 Å². The molecule has 4 aromatic rings. The smallest absolute Gasteiger partial charge is 0.316 e. The summed E-state index contributed by atoms with van der Waals surface area (Å²) < 4.78 is 19.8. The fourth-order valence-electron chi connectivity index (χ4n) is 6.77. The van der Waals surface area contributed by atoms with Crippen LogP contribution in [0.2, 0.25) is 5.02 Å². The van der Waals surface area contributed by atoms with E-state index in [2.05, 4.69) is 10.3 Å². The molecule has 2 atom stereocenters. The first kappa shape index (κ1) is 25.9. The standard InChI is InChI=1S/C29H29ClFN5O3S/c1-28(2)21-22(28)26(38)35(25(21)37)13-16-12-19-24(40-16)17(4-7-33-19)18-10-15(30)11-20-23(18)36(27(39)34(20)3)14-29(31)5-8-32-9-6-29/h4,7,10-12,21-22,32H,5-6,8-9,13-14H2,1-3H3. The fraction of sp³-hybridized carbons (Fsp3) is 0.448. The average molecular weight is 582 g/mol. The van der Waals surface area contributed by atoms with Gasteiger partial charge in [0.1, 0.15) is 5.67 Å². The summed E-state index contributed by atoms with van der Waals surface area (Å²) in [5, 5.41) is 3.65. The van der Waals surface area contributed by atoms with Crippen molar-refractivity contribution in [3.8, 4) is 11.1 Å². The van der Waals surface area contributed by atoms with E-state index in [-0.39, 0.29) is 47.8 Å². The Bertz CT molecular complexity index is 1780. The van der Waals surface area contributed by atoms with Gasteiger partial charge in [-0.15, -0.1) is 11.3 Å². The molecule has 3 aromatic heterocycles. The second-order valence-electron chi connectivity index (χ2n) is 12.0. The van der Waals surface area contributed by atoms with Crippen molar-refractivity contribution in [3.05, 3.63) is 50.8 Å². The van der Waals surface area contributed by atoms with Crippen LogP contribution >= 0.6 is 22.9 Å². The Morgan fingerprint density at radius 3 is 2.50 bits per heavy atom. The van der Waals surface area contributed by atoms with E-state index in [9.17, 15) is 14.4 Å². The summed E-state index contributed by atoms with van der Waals surface area (Å²) in [6.45, 7) is 5.24. The molecule has 2 unspecified atom stereocenters. The highest BCUT2D eigenvalue weighted by Gasteiger charge is 2.72. The van der Waals surface area contributed by atoms with E-state index in [1.807, 2.05) is 32.0 Å². The maximum Gasteiger partial charge on any atom is 0.328 e. The number of imidazole rings is 1. The number of carbonyl (C=O) groups excluding carboxylic acids is 2. The predicted molar refractivity (Wildman–Crippen MR) is 153 cm³/mol. The summed E-state index contributed by atoms with van der Waals surface area (Å²) in [4.78, 5) is 46.1. The number of rotatable bonds is 5. The number of benzene rings is 1. The maximum atomic E-state index is 15.9. The average Bonchev–Trinajstić information content (AvgIpc) is 3.13.